The van der Waals surface area contributed by atoms with E-state index >= 15 is 0 Å². The lowest BCUT2D eigenvalue weighted by Gasteiger charge is -2.40. The van der Waals surface area contributed by atoms with E-state index < -0.39 is 42.3 Å². The van der Waals surface area contributed by atoms with Gasteiger partial charge >= 0.3 is 17.9 Å². The summed E-state index contributed by atoms with van der Waals surface area (Å²) >= 11 is 0. The number of ether oxygens (including phenoxy) is 5. The average molecular weight is 304 g/mol. The normalized spacial score (nSPS) is 28.6. The van der Waals surface area contributed by atoms with Crippen molar-refractivity contribution >= 4 is 17.9 Å². The van der Waals surface area contributed by atoms with E-state index in [0.29, 0.717) is 0 Å². The third-order valence-electron chi connectivity index (χ3n) is 2.78. The number of rotatable bonds is 5. The fraction of sp³-hybridized carbons (Fsp3) is 0.769. The van der Waals surface area contributed by atoms with E-state index in [9.17, 15) is 14.4 Å². The number of methoxy groups -OCH3 is 1. The van der Waals surface area contributed by atoms with Gasteiger partial charge in [-0.1, -0.05) is 0 Å². The molecule has 0 N–H and O–H groups in total. The Morgan fingerprint density at radius 3 is 1.95 bits per heavy atom. The molecule has 0 radical (unpaired) electrons. The summed E-state index contributed by atoms with van der Waals surface area (Å²) in [6.45, 7) is 3.83. The van der Waals surface area contributed by atoms with Gasteiger partial charge in [0.15, 0.2) is 18.3 Å². The van der Waals surface area contributed by atoms with E-state index in [1.165, 1.54) is 27.9 Å². The summed E-state index contributed by atoms with van der Waals surface area (Å²) in [4.78, 5) is 33.6. The van der Waals surface area contributed by atoms with E-state index in [0.717, 1.165) is 0 Å². The molecule has 8 heteroatoms. The molecule has 0 saturated carbocycles. The highest BCUT2D eigenvalue weighted by atomic mass is 16.6. The van der Waals surface area contributed by atoms with E-state index in [-0.39, 0.29) is 13.2 Å². The van der Waals surface area contributed by atoms with Crippen molar-refractivity contribution in [3.05, 3.63) is 0 Å². The molecule has 0 aromatic carbocycles. The molecule has 1 aliphatic heterocycles. The molecule has 1 rings (SSSR count). The third-order valence-corrected chi connectivity index (χ3v) is 2.78. The highest BCUT2D eigenvalue weighted by Crippen LogP contribution is 2.24. The van der Waals surface area contributed by atoms with Gasteiger partial charge in [-0.2, -0.15) is 0 Å². The van der Waals surface area contributed by atoms with Crippen LogP contribution >= 0.6 is 0 Å². The zero-order chi connectivity index (χ0) is 16.0. The van der Waals surface area contributed by atoms with Crippen LogP contribution in [-0.2, 0) is 38.1 Å². The first-order chi connectivity index (χ1) is 9.85. The van der Waals surface area contributed by atoms with Crippen LogP contribution in [0, 0.1) is 0 Å². The van der Waals surface area contributed by atoms with Crippen molar-refractivity contribution < 1.29 is 38.1 Å². The van der Waals surface area contributed by atoms with Crippen LogP contribution < -0.4 is 0 Å². The minimum atomic E-state index is -0.941. The second kappa shape index (κ2) is 7.94. The van der Waals surface area contributed by atoms with Gasteiger partial charge in [0.1, 0.15) is 6.10 Å². The minimum Gasteiger partial charge on any atom is -0.456 e. The van der Waals surface area contributed by atoms with Crippen LogP contribution in [0.25, 0.3) is 0 Å². The van der Waals surface area contributed by atoms with Gasteiger partial charge in [0.25, 0.3) is 0 Å². The first-order valence-electron chi connectivity index (χ1n) is 6.47. The van der Waals surface area contributed by atoms with Crippen molar-refractivity contribution in [2.75, 3.05) is 20.3 Å². The van der Waals surface area contributed by atoms with Gasteiger partial charge < -0.3 is 23.7 Å². The molecule has 8 nitrogen and oxygen atoms in total. The smallest absolute Gasteiger partial charge is 0.303 e. The van der Waals surface area contributed by atoms with Gasteiger partial charge in [-0.05, 0) is 0 Å². The van der Waals surface area contributed by atoms with Crippen molar-refractivity contribution in [2.45, 2.75) is 45.2 Å². The Hall–Kier alpha value is -1.67. The number of carbonyl (C=O) groups excluding carboxylic acids is 3. The summed E-state index contributed by atoms with van der Waals surface area (Å²) in [7, 11) is 1.47. The fourth-order valence-corrected chi connectivity index (χ4v) is 2.12. The largest absolute Gasteiger partial charge is 0.456 e. The van der Waals surface area contributed by atoms with Crippen LogP contribution in [0.4, 0.5) is 0 Å². The van der Waals surface area contributed by atoms with Gasteiger partial charge in [-0.25, -0.2) is 0 Å². The Kier molecular flexibility index (Phi) is 6.57. The Morgan fingerprint density at radius 1 is 0.952 bits per heavy atom. The molecular formula is C13H20O8. The maximum absolute atomic E-state index is 11.3. The molecule has 0 aromatic heterocycles. The lowest BCUT2D eigenvalue weighted by Crippen LogP contribution is -2.58. The van der Waals surface area contributed by atoms with Gasteiger partial charge in [-0.3, -0.25) is 14.4 Å². The summed E-state index contributed by atoms with van der Waals surface area (Å²) in [6, 6.07) is 0. The van der Waals surface area contributed by atoms with Crippen LogP contribution in [-0.4, -0.2) is 62.6 Å². The van der Waals surface area contributed by atoms with Crippen LogP contribution in [0.2, 0.25) is 0 Å². The quantitative estimate of drug-likeness (QED) is 0.510. The zero-order valence-electron chi connectivity index (χ0n) is 12.5. The van der Waals surface area contributed by atoms with Crippen LogP contribution in [0.1, 0.15) is 20.8 Å². The van der Waals surface area contributed by atoms with E-state index in [1.807, 2.05) is 0 Å². The number of esters is 3. The van der Waals surface area contributed by atoms with Crippen molar-refractivity contribution in [1.29, 1.82) is 0 Å². The average Bonchev–Trinajstić information content (AvgIpc) is 2.35. The maximum atomic E-state index is 11.3. The summed E-state index contributed by atoms with van der Waals surface area (Å²) in [5.74, 6) is -1.69. The molecule has 0 unspecified atom stereocenters. The van der Waals surface area contributed by atoms with Gasteiger partial charge in [-0.15, -0.1) is 0 Å². The molecule has 4 atom stereocenters. The molecule has 0 spiro atoms. The standard InChI is InChI=1S/C13H20O8/c1-7(14)19-11-6-18-10(5-17-4)12(20-8(2)15)13(11)21-9(3)16/h10-13H,5-6H2,1-4H3/t10-,11-,12+,13+/m1/s1. The van der Waals surface area contributed by atoms with Gasteiger partial charge in [0.2, 0.25) is 0 Å². The summed E-state index contributed by atoms with van der Waals surface area (Å²) in [5, 5.41) is 0. The molecule has 21 heavy (non-hydrogen) atoms. The topological polar surface area (TPSA) is 97.4 Å². The highest BCUT2D eigenvalue weighted by Gasteiger charge is 2.46. The lowest BCUT2D eigenvalue weighted by molar-refractivity contribution is -0.230. The third kappa shape index (κ3) is 5.31. The summed E-state index contributed by atoms with van der Waals surface area (Å²) in [6.07, 6.45) is -3.31. The Morgan fingerprint density at radius 2 is 1.48 bits per heavy atom. The van der Waals surface area contributed by atoms with Gasteiger partial charge in [0, 0.05) is 27.9 Å². The van der Waals surface area contributed by atoms with Crippen LogP contribution in [0.5, 0.6) is 0 Å². The zero-order valence-corrected chi connectivity index (χ0v) is 12.5. The fourth-order valence-electron chi connectivity index (χ4n) is 2.12. The second-order valence-electron chi connectivity index (χ2n) is 4.62. The number of carbonyl (C=O) groups is 3. The van der Waals surface area contributed by atoms with Crippen LogP contribution in [0.3, 0.4) is 0 Å². The summed E-state index contributed by atoms with van der Waals surface area (Å²) < 4.78 is 25.9. The molecule has 0 aromatic rings. The van der Waals surface area contributed by atoms with Crippen molar-refractivity contribution in [3.63, 3.8) is 0 Å². The van der Waals surface area contributed by atoms with Gasteiger partial charge in [0.05, 0.1) is 13.2 Å². The van der Waals surface area contributed by atoms with Crippen LogP contribution in [0.15, 0.2) is 0 Å². The molecule has 1 saturated heterocycles. The van der Waals surface area contributed by atoms with Crippen molar-refractivity contribution in [1.82, 2.24) is 0 Å². The molecule has 1 fully saturated rings. The Bertz CT molecular complexity index is 394. The maximum Gasteiger partial charge on any atom is 0.303 e. The Labute approximate surface area is 122 Å². The molecule has 1 heterocycles. The molecule has 0 amide bonds. The van der Waals surface area contributed by atoms with Crippen molar-refractivity contribution in [2.24, 2.45) is 0 Å². The number of hydrogen-bond acceptors (Lipinski definition) is 8. The van der Waals surface area contributed by atoms with E-state index in [4.69, 9.17) is 23.7 Å². The lowest BCUT2D eigenvalue weighted by atomic mass is 9.99. The highest BCUT2D eigenvalue weighted by molar-refractivity contribution is 5.68. The monoisotopic (exact) mass is 304 g/mol. The summed E-state index contributed by atoms with van der Waals surface area (Å²) in [5.41, 5.74) is 0. The molecule has 0 aliphatic carbocycles. The predicted octanol–water partition coefficient (Wildman–Crippen LogP) is -0.173. The first-order valence-corrected chi connectivity index (χ1v) is 6.47. The number of hydrogen-bond donors (Lipinski definition) is 0. The second-order valence-corrected chi connectivity index (χ2v) is 4.62. The first kappa shape index (κ1) is 17.4. The minimum absolute atomic E-state index is 0.0172. The molecule has 0 bridgehead atoms. The van der Waals surface area contributed by atoms with Crippen molar-refractivity contribution in [3.8, 4) is 0 Å². The molecule has 120 valence electrons. The molecular weight excluding hydrogens is 284 g/mol. The van der Waals surface area contributed by atoms with E-state index in [1.54, 1.807) is 0 Å². The molecule has 1 aliphatic rings. The SMILES string of the molecule is COC[C@H]1OC[C@@H](OC(C)=O)[C@H](OC(C)=O)[C@H]1OC(C)=O. The predicted molar refractivity (Wildman–Crippen MR) is 68.3 cm³/mol. The van der Waals surface area contributed by atoms with E-state index in [2.05, 4.69) is 0 Å². The Balaban J connectivity index is 2.97.